The molecule has 11 N–H and O–H groups in total. The molecule has 1 aromatic rings. The van der Waals surface area contributed by atoms with E-state index in [9.17, 15) is 43.2 Å². The quantitative estimate of drug-likeness (QED) is 0.0528. The molecule has 0 radical (unpaired) electrons. The molecule has 0 saturated carbocycles. The van der Waals surface area contributed by atoms with Crippen LogP contribution in [0.1, 0.15) is 109 Å². The summed E-state index contributed by atoms with van der Waals surface area (Å²) >= 11 is 0. The Morgan fingerprint density at radius 3 is 1.84 bits per heavy atom. The SMILES string of the molecule is CC(C)C(C(=O)N[C@H](C(=O)N(C)C(C(=O)N1CCC[C@H]1C(=O)N1CCC[C@H]1C(=O)NCc1ccc(C(=O)N[C@@H](CC(N)=O)C(=O)N[C@H](CCCCN)C(=O)NCCN)cc1)C(C)C)C(C)C)N(C)C. The van der Waals surface area contributed by atoms with Gasteiger partial charge in [-0.25, -0.2) is 0 Å². The number of hydrogen-bond donors (Lipinski definition) is 8. The fourth-order valence-corrected chi connectivity index (χ4v) is 9.18. The molecule has 1 aromatic carbocycles. The van der Waals surface area contributed by atoms with E-state index in [1.807, 2.05) is 60.5 Å². The average Bonchev–Trinajstić information content (AvgIpc) is 3.99. The zero-order valence-electron chi connectivity index (χ0n) is 42.2. The lowest BCUT2D eigenvalue weighted by molar-refractivity contribution is -0.153. The van der Waals surface area contributed by atoms with E-state index in [0.29, 0.717) is 63.7 Å². The van der Waals surface area contributed by atoms with Crippen LogP contribution in [0.2, 0.25) is 0 Å². The maximum Gasteiger partial charge on any atom is 0.251 e. The van der Waals surface area contributed by atoms with E-state index >= 15 is 0 Å². The molecule has 2 aliphatic rings. The third kappa shape index (κ3) is 16.2. The zero-order valence-corrected chi connectivity index (χ0v) is 42.2. The van der Waals surface area contributed by atoms with Crippen molar-refractivity contribution in [1.29, 1.82) is 0 Å². The molecular weight excluding hydrogens is 889 g/mol. The molecule has 21 heteroatoms. The Morgan fingerprint density at radius 2 is 1.29 bits per heavy atom. The van der Waals surface area contributed by atoms with Gasteiger partial charge in [0, 0.05) is 45.3 Å². The number of unbranched alkanes of at least 4 members (excludes halogenated alkanes) is 1. The smallest absolute Gasteiger partial charge is 0.251 e. The van der Waals surface area contributed by atoms with Crippen LogP contribution in [0.4, 0.5) is 0 Å². The van der Waals surface area contributed by atoms with Gasteiger partial charge in [0.1, 0.15) is 36.3 Å². The summed E-state index contributed by atoms with van der Waals surface area (Å²) in [6.45, 7) is 12.7. The fraction of sp³-hybridized carbons (Fsp3) is 0.688. The molecule has 2 heterocycles. The van der Waals surface area contributed by atoms with Gasteiger partial charge in [-0.05, 0) is 101 Å². The highest BCUT2D eigenvalue weighted by Crippen LogP contribution is 2.28. The van der Waals surface area contributed by atoms with Gasteiger partial charge >= 0.3 is 0 Å². The van der Waals surface area contributed by atoms with Gasteiger partial charge in [-0.3, -0.25) is 48.1 Å². The number of benzene rings is 1. The van der Waals surface area contributed by atoms with Crippen LogP contribution in [0.3, 0.4) is 0 Å². The number of nitrogens with zero attached hydrogens (tertiary/aromatic N) is 4. The predicted octanol–water partition coefficient (Wildman–Crippen LogP) is -0.843. The van der Waals surface area contributed by atoms with Crippen LogP contribution in [0.5, 0.6) is 0 Å². The number of primary amides is 1. The Kier molecular flexibility index (Phi) is 23.0. The summed E-state index contributed by atoms with van der Waals surface area (Å²) in [6.07, 6.45) is 2.88. The summed E-state index contributed by atoms with van der Waals surface area (Å²) in [5, 5.41) is 13.6. The van der Waals surface area contributed by atoms with E-state index in [1.54, 1.807) is 24.1 Å². The molecule has 2 fully saturated rings. The van der Waals surface area contributed by atoms with Crippen molar-refractivity contribution < 1.29 is 43.2 Å². The minimum atomic E-state index is -1.38. The van der Waals surface area contributed by atoms with Gasteiger partial charge in [0.25, 0.3) is 5.91 Å². The van der Waals surface area contributed by atoms with Crippen molar-refractivity contribution in [3.8, 4) is 0 Å². The van der Waals surface area contributed by atoms with Gasteiger partial charge in [0.05, 0.1) is 12.5 Å². The Labute approximate surface area is 407 Å². The third-order valence-electron chi connectivity index (χ3n) is 12.7. The minimum Gasteiger partial charge on any atom is -0.370 e. The first kappa shape index (κ1) is 57.6. The highest BCUT2D eigenvalue weighted by Gasteiger charge is 2.46. The molecule has 3 rings (SSSR count). The zero-order chi connectivity index (χ0) is 51.7. The largest absolute Gasteiger partial charge is 0.370 e. The van der Waals surface area contributed by atoms with Crippen molar-refractivity contribution in [2.45, 2.75) is 142 Å². The second kappa shape index (κ2) is 27.5. The average molecular weight is 969 g/mol. The van der Waals surface area contributed by atoms with E-state index in [2.05, 4.69) is 26.6 Å². The monoisotopic (exact) mass is 969 g/mol. The molecule has 2 saturated heterocycles. The Morgan fingerprint density at radius 1 is 0.681 bits per heavy atom. The normalized spacial score (nSPS) is 18.1. The molecule has 2 unspecified atom stereocenters. The van der Waals surface area contributed by atoms with Gasteiger partial charge in [0.2, 0.25) is 47.3 Å². The standard InChI is InChI=1S/C48H80N12O9/c1-28(2)38(56-45(66)39(29(3)4)57(7)8)47(68)58(9)40(30(5)6)48(69)60-25-13-16-36(60)46(67)59-24-12-15-35(59)44(65)53-27-31-17-19-32(20-18-31)41(62)55-34(26-37(51)61)43(64)54-33(14-10-11-21-49)42(63)52-23-22-50/h17-20,28-30,33-36,38-40H,10-16,21-27,49-50H2,1-9H3,(H2,51,61)(H,52,63)(H,53,65)(H,54,64)(H,55,62)(H,56,66)/t33-,34+,35+,36+,38+,39?,40?/m1/s1. The van der Waals surface area contributed by atoms with E-state index in [-0.39, 0.29) is 73.0 Å². The van der Waals surface area contributed by atoms with Gasteiger partial charge < -0.3 is 58.5 Å². The first-order valence-corrected chi connectivity index (χ1v) is 24.3. The summed E-state index contributed by atoms with van der Waals surface area (Å²) in [5.74, 6) is -5.13. The Hall–Kier alpha value is -5.67. The van der Waals surface area contributed by atoms with Gasteiger partial charge in [-0.1, -0.05) is 53.7 Å². The molecule has 7 atom stereocenters. The summed E-state index contributed by atoms with van der Waals surface area (Å²) in [7, 11) is 5.19. The van der Waals surface area contributed by atoms with Gasteiger partial charge in [-0.2, -0.15) is 0 Å². The molecule has 0 spiro atoms. The number of likely N-dealkylation sites (tertiary alicyclic amines) is 2. The second-order valence-electron chi connectivity index (χ2n) is 19.4. The highest BCUT2D eigenvalue weighted by molar-refractivity contribution is 6.00. The molecule has 0 bridgehead atoms. The van der Waals surface area contributed by atoms with E-state index in [1.165, 1.54) is 21.9 Å². The number of carbonyl (C=O) groups is 9. The highest BCUT2D eigenvalue weighted by atomic mass is 16.2. The van der Waals surface area contributed by atoms with Crippen LogP contribution in [0, 0.1) is 17.8 Å². The number of hydrogen-bond acceptors (Lipinski definition) is 12. The number of likely N-dealkylation sites (N-methyl/N-ethyl adjacent to an activating group) is 2. The first-order chi connectivity index (χ1) is 32.5. The lowest BCUT2D eigenvalue weighted by Crippen LogP contribution is -2.61. The molecular formula is C48H80N12O9. The third-order valence-corrected chi connectivity index (χ3v) is 12.7. The van der Waals surface area contributed by atoms with Gasteiger partial charge in [0.15, 0.2) is 0 Å². The predicted molar refractivity (Wildman–Crippen MR) is 260 cm³/mol. The lowest BCUT2D eigenvalue weighted by Gasteiger charge is -2.38. The molecule has 21 nitrogen and oxygen atoms in total. The van der Waals surface area contributed by atoms with Crippen LogP contribution in [0.25, 0.3) is 0 Å². The van der Waals surface area contributed by atoms with Crippen LogP contribution in [-0.2, 0) is 44.9 Å². The van der Waals surface area contributed by atoms with Crippen molar-refractivity contribution >= 4 is 53.2 Å². The van der Waals surface area contributed by atoms with E-state index < -0.39 is 78.2 Å². The molecule has 386 valence electrons. The summed E-state index contributed by atoms with van der Waals surface area (Å²) in [6, 6.07) is 0.00721. The van der Waals surface area contributed by atoms with Crippen molar-refractivity contribution in [1.82, 2.24) is 46.2 Å². The van der Waals surface area contributed by atoms with Gasteiger partial charge in [-0.15, -0.1) is 0 Å². The lowest BCUT2D eigenvalue weighted by atomic mass is 9.96. The number of amides is 9. The molecule has 9 amide bonds. The van der Waals surface area contributed by atoms with E-state index in [0.717, 1.165) is 0 Å². The molecule has 69 heavy (non-hydrogen) atoms. The minimum absolute atomic E-state index is 0.0132. The second-order valence-corrected chi connectivity index (χ2v) is 19.4. The Balaban J connectivity index is 1.67. The van der Waals surface area contributed by atoms with E-state index in [4.69, 9.17) is 17.2 Å². The van der Waals surface area contributed by atoms with Crippen LogP contribution >= 0.6 is 0 Å². The molecule has 2 aliphatic heterocycles. The first-order valence-electron chi connectivity index (χ1n) is 24.3. The molecule has 0 aromatic heterocycles. The van der Waals surface area contributed by atoms with Crippen molar-refractivity contribution in [3.05, 3.63) is 35.4 Å². The number of nitrogens with two attached hydrogens (primary N) is 3. The maximum absolute atomic E-state index is 14.5. The summed E-state index contributed by atoms with van der Waals surface area (Å²) < 4.78 is 0. The van der Waals surface area contributed by atoms with Crippen molar-refractivity contribution in [2.75, 3.05) is 53.9 Å². The number of rotatable bonds is 26. The summed E-state index contributed by atoms with van der Waals surface area (Å²) in [4.78, 5) is 128. The van der Waals surface area contributed by atoms with Crippen LogP contribution < -0.4 is 43.8 Å². The van der Waals surface area contributed by atoms with Crippen molar-refractivity contribution in [3.63, 3.8) is 0 Å². The Bertz CT molecular complexity index is 1940. The fourth-order valence-electron chi connectivity index (χ4n) is 9.18. The van der Waals surface area contributed by atoms with Crippen LogP contribution in [0.15, 0.2) is 24.3 Å². The number of carbonyl (C=O) groups excluding carboxylic acids is 9. The summed E-state index contributed by atoms with van der Waals surface area (Å²) in [5.41, 5.74) is 17.3. The van der Waals surface area contributed by atoms with Crippen LogP contribution in [-0.4, -0.2) is 169 Å². The van der Waals surface area contributed by atoms with Crippen molar-refractivity contribution in [2.24, 2.45) is 35.0 Å². The number of nitrogens with one attached hydrogen (secondary N) is 5. The topological polar surface area (TPSA) is 305 Å². The maximum atomic E-state index is 14.5. The molecule has 0 aliphatic carbocycles.